The highest BCUT2D eigenvalue weighted by atomic mass is 79.9. The van der Waals surface area contributed by atoms with Crippen LogP contribution in [0.2, 0.25) is 0 Å². The predicted octanol–water partition coefficient (Wildman–Crippen LogP) is 6.61. The normalized spacial score (nSPS) is 11.0. The van der Waals surface area contributed by atoms with E-state index in [-0.39, 0.29) is 22.6 Å². The molecule has 4 N–H and O–H groups in total. The van der Waals surface area contributed by atoms with Crippen LogP contribution in [0, 0.1) is 11.6 Å². The minimum absolute atomic E-state index is 0.0519. The molecule has 2 heterocycles. The van der Waals surface area contributed by atoms with Crippen LogP contribution in [0.4, 0.5) is 8.78 Å². The molecule has 212 valence electrons. The first-order valence-electron chi connectivity index (χ1n) is 12.0. The molecule has 0 aliphatic rings. The van der Waals surface area contributed by atoms with E-state index in [1.54, 1.807) is 0 Å². The van der Waals surface area contributed by atoms with E-state index in [1.807, 2.05) is 0 Å². The molecule has 42 heavy (non-hydrogen) atoms. The van der Waals surface area contributed by atoms with E-state index < -0.39 is 23.1 Å². The lowest BCUT2D eigenvalue weighted by Crippen LogP contribution is -2.18. The molecule has 0 bridgehead atoms. The summed E-state index contributed by atoms with van der Waals surface area (Å²) >= 11 is 6.66. The summed E-state index contributed by atoms with van der Waals surface area (Å²) in [5, 5.41) is 39.3. The summed E-state index contributed by atoms with van der Waals surface area (Å²) in [5.74, 6) is -2.46. The van der Waals surface area contributed by atoms with Gasteiger partial charge in [0.1, 0.15) is 11.5 Å². The molecule has 2 aromatic heterocycles. The Morgan fingerprint density at radius 1 is 0.524 bits per heavy atom. The third-order valence-electron chi connectivity index (χ3n) is 6.32. The van der Waals surface area contributed by atoms with Crippen molar-refractivity contribution in [3.05, 3.63) is 126 Å². The van der Waals surface area contributed by atoms with Gasteiger partial charge in [-0.3, -0.25) is 18.7 Å². The molecule has 12 heteroatoms. The Balaban J connectivity index is 0.000000168. The van der Waals surface area contributed by atoms with E-state index in [2.05, 4.69) is 31.9 Å². The number of nitrogens with zero attached hydrogens (tertiary/aromatic N) is 2. The van der Waals surface area contributed by atoms with Crippen LogP contribution in [0.5, 0.6) is 23.0 Å². The lowest BCUT2D eigenvalue weighted by Gasteiger charge is -2.10. The molecule has 0 unspecified atom stereocenters. The average Bonchev–Trinajstić information content (AvgIpc) is 2.96. The van der Waals surface area contributed by atoms with Crippen LogP contribution in [0.15, 0.2) is 104 Å². The summed E-state index contributed by atoms with van der Waals surface area (Å²) in [6.07, 6.45) is 2.99. The zero-order chi connectivity index (χ0) is 30.3. The van der Waals surface area contributed by atoms with Crippen molar-refractivity contribution in [2.24, 2.45) is 0 Å². The zero-order valence-corrected chi connectivity index (χ0v) is 24.3. The van der Waals surface area contributed by atoms with Crippen LogP contribution in [0.1, 0.15) is 0 Å². The maximum absolute atomic E-state index is 13.5. The Bertz CT molecular complexity index is 1990. The quantitative estimate of drug-likeness (QED) is 0.161. The molecule has 0 radical (unpaired) electrons. The summed E-state index contributed by atoms with van der Waals surface area (Å²) in [7, 11) is 0. The number of halogens is 4. The fraction of sp³-hybridized carbons (Fsp3) is 0. The second kappa shape index (κ2) is 11.3. The van der Waals surface area contributed by atoms with Crippen LogP contribution in [0.3, 0.4) is 0 Å². The SMILES string of the molecule is O=c1c2ccc(O)cc2c(Br)cn1-c1ccc(O)c(F)c1.O=c1c2ccc(O)cc2c(Br)cn1-c1ccc(O)c(F)c1. The fourth-order valence-electron chi connectivity index (χ4n) is 4.25. The molecule has 0 atom stereocenters. The molecule has 0 amide bonds. The first-order valence-corrected chi connectivity index (χ1v) is 13.6. The molecule has 4 aromatic carbocycles. The molecule has 0 fully saturated rings. The van der Waals surface area contributed by atoms with Gasteiger partial charge in [-0.25, -0.2) is 8.78 Å². The molecule has 6 aromatic rings. The van der Waals surface area contributed by atoms with Gasteiger partial charge in [0.15, 0.2) is 23.1 Å². The van der Waals surface area contributed by atoms with E-state index in [0.29, 0.717) is 41.9 Å². The third-order valence-corrected chi connectivity index (χ3v) is 7.59. The summed E-state index contributed by atoms with van der Waals surface area (Å²) < 4.78 is 30.6. The zero-order valence-electron chi connectivity index (χ0n) is 21.1. The van der Waals surface area contributed by atoms with Gasteiger partial charge in [-0.15, -0.1) is 0 Å². The van der Waals surface area contributed by atoms with Gasteiger partial charge < -0.3 is 20.4 Å². The van der Waals surface area contributed by atoms with Gasteiger partial charge in [-0.2, -0.15) is 0 Å². The Morgan fingerprint density at radius 2 is 0.905 bits per heavy atom. The predicted molar refractivity (Wildman–Crippen MR) is 161 cm³/mol. The highest BCUT2D eigenvalue weighted by Crippen LogP contribution is 2.28. The fourth-order valence-corrected chi connectivity index (χ4v) is 5.32. The Morgan fingerprint density at radius 3 is 1.26 bits per heavy atom. The summed E-state index contributed by atoms with van der Waals surface area (Å²) in [5.41, 5.74) is -0.103. The lowest BCUT2D eigenvalue weighted by atomic mass is 10.1. The minimum Gasteiger partial charge on any atom is -0.508 e. The van der Waals surface area contributed by atoms with Crippen LogP contribution in [-0.4, -0.2) is 29.6 Å². The summed E-state index contributed by atoms with van der Waals surface area (Å²) in [6, 6.07) is 16.2. The van der Waals surface area contributed by atoms with Gasteiger partial charge in [0.05, 0.1) is 11.4 Å². The number of hydrogen-bond donors (Lipinski definition) is 4. The van der Waals surface area contributed by atoms with Crippen LogP contribution in [-0.2, 0) is 0 Å². The van der Waals surface area contributed by atoms with E-state index in [1.165, 1.54) is 82.2 Å². The van der Waals surface area contributed by atoms with Gasteiger partial charge in [-0.1, -0.05) is 0 Å². The smallest absolute Gasteiger partial charge is 0.263 e. The Hall–Kier alpha value is -4.68. The van der Waals surface area contributed by atoms with Gasteiger partial charge in [-0.05, 0) is 92.5 Å². The number of aromatic hydroxyl groups is 4. The van der Waals surface area contributed by atoms with Crippen molar-refractivity contribution in [1.82, 2.24) is 9.13 Å². The first-order chi connectivity index (χ1) is 19.9. The summed E-state index contributed by atoms with van der Waals surface area (Å²) in [4.78, 5) is 24.9. The molecule has 0 saturated carbocycles. The third kappa shape index (κ3) is 5.46. The second-order valence-corrected chi connectivity index (χ2v) is 10.7. The standard InChI is InChI=1S/2C15H9BrFNO3/c2*16-12-7-18(8-1-4-14(20)13(17)5-8)15(21)10-3-2-9(19)6-11(10)12/h2*1-7,19-20H. The Kier molecular flexibility index (Phi) is 7.76. The lowest BCUT2D eigenvalue weighted by molar-refractivity contribution is 0.432. The number of pyridine rings is 2. The molecule has 6 rings (SSSR count). The van der Waals surface area contributed by atoms with Crippen molar-refractivity contribution in [2.75, 3.05) is 0 Å². The van der Waals surface area contributed by atoms with E-state index >= 15 is 0 Å². The maximum atomic E-state index is 13.5. The van der Waals surface area contributed by atoms with E-state index in [4.69, 9.17) is 0 Å². The van der Waals surface area contributed by atoms with Crippen molar-refractivity contribution >= 4 is 53.4 Å². The van der Waals surface area contributed by atoms with Crippen LogP contribution >= 0.6 is 31.9 Å². The van der Waals surface area contributed by atoms with Crippen molar-refractivity contribution in [3.63, 3.8) is 0 Å². The Labute approximate surface area is 251 Å². The van der Waals surface area contributed by atoms with E-state index in [0.717, 1.165) is 12.1 Å². The van der Waals surface area contributed by atoms with Crippen molar-refractivity contribution in [2.45, 2.75) is 0 Å². The number of phenols is 4. The number of phenolic OH excluding ortho intramolecular Hbond substituents is 4. The molecule has 0 spiro atoms. The van der Waals surface area contributed by atoms with Crippen LogP contribution < -0.4 is 11.1 Å². The molecular weight excluding hydrogens is 682 g/mol. The topological polar surface area (TPSA) is 125 Å². The number of fused-ring (bicyclic) bond motifs is 2. The molecule has 0 saturated heterocycles. The highest BCUT2D eigenvalue weighted by Gasteiger charge is 2.12. The monoisotopic (exact) mass is 698 g/mol. The largest absolute Gasteiger partial charge is 0.508 e. The summed E-state index contributed by atoms with van der Waals surface area (Å²) in [6.45, 7) is 0. The van der Waals surface area contributed by atoms with Gasteiger partial charge in [0, 0.05) is 55.0 Å². The van der Waals surface area contributed by atoms with Crippen molar-refractivity contribution in [1.29, 1.82) is 0 Å². The number of aromatic nitrogens is 2. The first kappa shape index (κ1) is 28.8. The van der Waals surface area contributed by atoms with Gasteiger partial charge >= 0.3 is 0 Å². The molecular formula is C30H18Br2F2N2O6. The maximum Gasteiger partial charge on any atom is 0.263 e. The van der Waals surface area contributed by atoms with E-state index in [9.17, 15) is 38.8 Å². The highest BCUT2D eigenvalue weighted by molar-refractivity contribution is 9.11. The number of rotatable bonds is 2. The molecule has 0 aliphatic carbocycles. The molecule has 0 aliphatic heterocycles. The van der Waals surface area contributed by atoms with Crippen molar-refractivity contribution in [3.8, 4) is 34.4 Å². The van der Waals surface area contributed by atoms with Crippen molar-refractivity contribution < 1.29 is 29.2 Å². The minimum atomic E-state index is -0.804. The van der Waals surface area contributed by atoms with Gasteiger partial charge in [0.2, 0.25) is 0 Å². The second-order valence-electron chi connectivity index (χ2n) is 9.04. The number of hydrogen-bond acceptors (Lipinski definition) is 6. The van der Waals surface area contributed by atoms with Gasteiger partial charge in [0.25, 0.3) is 11.1 Å². The average molecular weight is 700 g/mol. The number of benzene rings is 4. The molecule has 8 nitrogen and oxygen atoms in total. The van der Waals surface area contributed by atoms with Crippen LogP contribution in [0.25, 0.3) is 32.9 Å².